The molecule has 0 heterocycles. The van der Waals surface area contributed by atoms with Crippen LogP contribution in [-0.2, 0) is 0 Å². The summed E-state index contributed by atoms with van der Waals surface area (Å²) >= 11 is 0. The SMILES string of the molecule is Cc1cc(C)c(C(=O)O)cc1NC(=O)c1ccc(NC(=O)NC(C)C)cc1. The molecule has 0 spiro atoms. The predicted octanol–water partition coefficient (Wildman–Crippen LogP) is 3.78. The van der Waals surface area contributed by atoms with Gasteiger partial charge in [0.2, 0.25) is 0 Å². The number of carbonyl (C=O) groups is 3. The van der Waals surface area contributed by atoms with Crippen LogP contribution < -0.4 is 16.0 Å². The molecule has 0 saturated carbocycles. The third-order valence-electron chi connectivity index (χ3n) is 3.87. The summed E-state index contributed by atoms with van der Waals surface area (Å²) in [6.45, 7) is 7.23. The number of carboxylic acids is 1. The molecular formula is C20H23N3O4. The van der Waals surface area contributed by atoms with Crippen LogP contribution in [0.3, 0.4) is 0 Å². The van der Waals surface area contributed by atoms with Crippen molar-refractivity contribution in [2.24, 2.45) is 0 Å². The molecule has 7 nitrogen and oxygen atoms in total. The summed E-state index contributed by atoms with van der Waals surface area (Å²) in [5.74, 6) is -1.41. The van der Waals surface area contributed by atoms with Gasteiger partial charge in [0, 0.05) is 23.0 Å². The second-order valence-corrected chi connectivity index (χ2v) is 6.57. The molecule has 0 radical (unpaired) electrons. The number of rotatable bonds is 5. The van der Waals surface area contributed by atoms with Gasteiger partial charge in [0.05, 0.1) is 5.56 Å². The molecule has 0 aliphatic rings. The molecule has 2 rings (SSSR count). The van der Waals surface area contributed by atoms with Gasteiger partial charge in [-0.1, -0.05) is 6.07 Å². The Balaban J connectivity index is 2.12. The summed E-state index contributed by atoms with van der Waals surface area (Å²) in [5, 5.41) is 17.4. The van der Waals surface area contributed by atoms with Crippen molar-refractivity contribution < 1.29 is 19.5 Å². The third kappa shape index (κ3) is 5.31. The number of hydrogen-bond donors (Lipinski definition) is 4. The van der Waals surface area contributed by atoms with Crippen LogP contribution in [0.1, 0.15) is 45.7 Å². The average Bonchev–Trinajstić information content (AvgIpc) is 2.56. The van der Waals surface area contributed by atoms with Crippen molar-refractivity contribution in [2.75, 3.05) is 10.6 Å². The van der Waals surface area contributed by atoms with E-state index < -0.39 is 5.97 Å². The first kappa shape index (κ1) is 20.0. The van der Waals surface area contributed by atoms with Crippen LogP contribution in [0.15, 0.2) is 36.4 Å². The third-order valence-corrected chi connectivity index (χ3v) is 3.87. The maximum atomic E-state index is 12.5. The molecular weight excluding hydrogens is 346 g/mol. The van der Waals surface area contributed by atoms with E-state index in [2.05, 4.69) is 16.0 Å². The minimum Gasteiger partial charge on any atom is -0.478 e. The second-order valence-electron chi connectivity index (χ2n) is 6.57. The number of carboxylic acid groups (broad SMARTS) is 1. The van der Waals surface area contributed by atoms with Crippen molar-refractivity contribution in [3.63, 3.8) is 0 Å². The monoisotopic (exact) mass is 369 g/mol. The van der Waals surface area contributed by atoms with Crippen LogP contribution >= 0.6 is 0 Å². The zero-order valence-electron chi connectivity index (χ0n) is 15.7. The molecule has 4 N–H and O–H groups in total. The van der Waals surface area contributed by atoms with E-state index in [1.54, 1.807) is 44.2 Å². The van der Waals surface area contributed by atoms with Gasteiger partial charge >= 0.3 is 12.0 Å². The van der Waals surface area contributed by atoms with Crippen molar-refractivity contribution >= 4 is 29.3 Å². The van der Waals surface area contributed by atoms with Crippen molar-refractivity contribution in [3.8, 4) is 0 Å². The Morgan fingerprint density at radius 1 is 0.926 bits per heavy atom. The van der Waals surface area contributed by atoms with E-state index in [0.29, 0.717) is 22.5 Å². The van der Waals surface area contributed by atoms with E-state index in [9.17, 15) is 19.5 Å². The normalized spacial score (nSPS) is 10.4. The number of aromatic carboxylic acids is 1. The fraction of sp³-hybridized carbons (Fsp3) is 0.250. The highest BCUT2D eigenvalue weighted by Gasteiger charge is 2.13. The molecule has 3 amide bonds. The number of carbonyl (C=O) groups excluding carboxylic acids is 2. The zero-order valence-corrected chi connectivity index (χ0v) is 15.7. The van der Waals surface area contributed by atoms with Gasteiger partial charge in [0.1, 0.15) is 0 Å². The molecule has 0 atom stereocenters. The van der Waals surface area contributed by atoms with E-state index in [1.165, 1.54) is 6.07 Å². The summed E-state index contributed by atoms with van der Waals surface area (Å²) in [6, 6.07) is 9.29. The summed E-state index contributed by atoms with van der Waals surface area (Å²) in [4.78, 5) is 35.4. The van der Waals surface area contributed by atoms with Gasteiger partial charge in [-0.2, -0.15) is 0 Å². The van der Waals surface area contributed by atoms with Crippen molar-refractivity contribution in [1.29, 1.82) is 0 Å². The smallest absolute Gasteiger partial charge is 0.336 e. The highest BCUT2D eigenvalue weighted by atomic mass is 16.4. The Morgan fingerprint density at radius 3 is 2.11 bits per heavy atom. The molecule has 0 unspecified atom stereocenters. The number of nitrogens with one attached hydrogen (secondary N) is 3. The van der Waals surface area contributed by atoms with E-state index in [-0.39, 0.29) is 23.5 Å². The van der Waals surface area contributed by atoms with E-state index in [4.69, 9.17) is 0 Å². The van der Waals surface area contributed by atoms with Crippen LogP contribution in [0, 0.1) is 13.8 Å². The van der Waals surface area contributed by atoms with Gasteiger partial charge in [-0.3, -0.25) is 4.79 Å². The molecule has 0 aliphatic carbocycles. The molecule has 0 bridgehead atoms. The molecule has 0 aliphatic heterocycles. The van der Waals surface area contributed by atoms with Gasteiger partial charge in [0.15, 0.2) is 0 Å². The highest BCUT2D eigenvalue weighted by molar-refractivity contribution is 6.05. The van der Waals surface area contributed by atoms with Crippen LogP contribution in [0.4, 0.5) is 16.2 Å². The Labute approximate surface area is 157 Å². The summed E-state index contributed by atoms with van der Waals surface area (Å²) in [6.07, 6.45) is 0. The standard InChI is InChI=1S/C20H23N3O4/c1-11(2)21-20(27)22-15-7-5-14(6-8-15)18(24)23-17-10-16(19(25)26)12(3)9-13(17)4/h5-11H,1-4H3,(H,23,24)(H,25,26)(H2,21,22,27). The molecule has 7 heteroatoms. The van der Waals surface area contributed by atoms with Gasteiger partial charge < -0.3 is 21.1 Å². The molecule has 142 valence electrons. The van der Waals surface area contributed by atoms with Crippen molar-refractivity contribution in [1.82, 2.24) is 5.32 Å². The highest BCUT2D eigenvalue weighted by Crippen LogP contribution is 2.22. The van der Waals surface area contributed by atoms with Gasteiger partial charge in [-0.15, -0.1) is 0 Å². The van der Waals surface area contributed by atoms with Crippen LogP contribution in [0.5, 0.6) is 0 Å². The fourth-order valence-corrected chi connectivity index (χ4v) is 2.55. The Kier molecular flexibility index (Phi) is 6.18. The summed E-state index contributed by atoms with van der Waals surface area (Å²) in [5.41, 5.74) is 2.95. The number of amides is 3. The topological polar surface area (TPSA) is 108 Å². The lowest BCUT2D eigenvalue weighted by Crippen LogP contribution is -2.34. The number of hydrogen-bond acceptors (Lipinski definition) is 3. The summed E-state index contributed by atoms with van der Waals surface area (Å²) < 4.78 is 0. The lowest BCUT2D eigenvalue weighted by molar-refractivity contribution is 0.0695. The predicted molar refractivity (Wildman–Crippen MR) is 105 cm³/mol. The first-order valence-electron chi connectivity index (χ1n) is 8.51. The van der Waals surface area contributed by atoms with Crippen molar-refractivity contribution in [2.45, 2.75) is 33.7 Å². The van der Waals surface area contributed by atoms with E-state index >= 15 is 0 Å². The number of anilines is 2. The lowest BCUT2D eigenvalue weighted by atomic mass is 10.0. The van der Waals surface area contributed by atoms with Crippen LogP contribution in [0.2, 0.25) is 0 Å². The minimum absolute atomic E-state index is 0.0171. The largest absolute Gasteiger partial charge is 0.478 e. The van der Waals surface area contributed by atoms with Crippen LogP contribution in [-0.4, -0.2) is 29.1 Å². The maximum Gasteiger partial charge on any atom is 0.336 e. The molecule has 0 aromatic heterocycles. The molecule has 2 aromatic carbocycles. The molecule has 0 fully saturated rings. The molecule has 2 aromatic rings. The zero-order chi connectivity index (χ0) is 20.1. The van der Waals surface area contributed by atoms with E-state index in [1.807, 2.05) is 13.8 Å². The molecule has 27 heavy (non-hydrogen) atoms. The fourth-order valence-electron chi connectivity index (χ4n) is 2.55. The Hall–Kier alpha value is -3.35. The lowest BCUT2D eigenvalue weighted by Gasteiger charge is -2.12. The van der Waals surface area contributed by atoms with Crippen LogP contribution in [0.25, 0.3) is 0 Å². The van der Waals surface area contributed by atoms with Gasteiger partial charge in [-0.05, 0) is 69.2 Å². The van der Waals surface area contributed by atoms with Gasteiger partial charge in [0.25, 0.3) is 5.91 Å². The summed E-state index contributed by atoms with van der Waals surface area (Å²) in [7, 11) is 0. The first-order chi connectivity index (χ1) is 12.7. The number of aryl methyl sites for hydroxylation is 2. The number of benzene rings is 2. The average molecular weight is 369 g/mol. The minimum atomic E-state index is -1.04. The maximum absolute atomic E-state index is 12.5. The van der Waals surface area contributed by atoms with Crippen molar-refractivity contribution in [3.05, 3.63) is 58.7 Å². The number of urea groups is 1. The quantitative estimate of drug-likeness (QED) is 0.643. The second kappa shape index (κ2) is 8.35. The first-order valence-corrected chi connectivity index (χ1v) is 8.51. The van der Waals surface area contributed by atoms with Gasteiger partial charge in [-0.25, -0.2) is 9.59 Å². The van der Waals surface area contributed by atoms with E-state index in [0.717, 1.165) is 5.56 Å². The molecule has 0 saturated heterocycles. The Bertz CT molecular complexity index is 874. The Morgan fingerprint density at radius 2 is 1.56 bits per heavy atom.